The molecule has 1 amide bonds. The summed E-state index contributed by atoms with van der Waals surface area (Å²) in [5.74, 6) is 1.86. The minimum Gasteiger partial charge on any atom is -0.489 e. The molecule has 2 heterocycles. The van der Waals surface area contributed by atoms with E-state index in [1.807, 2.05) is 38.1 Å². The molecular formula is C24H33N3O3. The van der Waals surface area contributed by atoms with Crippen molar-refractivity contribution in [1.29, 1.82) is 0 Å². The van der Waals surface area contributed by atoms with Crippen molar-refractivity contribution in [2.24, 2.45) is 0 Å². The first-order valence-electron chi connectivity index (χ1n) is 10.7. The molecule has 0 saturated carbocycles. The molecule has 0 spiro atoms. The van der Waals surface area contributed by atoms with Gasteiger partial charge in [-0.05, 0) is 43.5 Å². The summed E-state index contributed by atoms with van der Waals surface area (Å²) in [7, 11) is 3.59. The predicted molar refractivity (Wildman–Crippen MR) is 119 cm³/mol. The fraction of sp³-hybridized carbons (Fsp3) is 0.500. The van der Waals surface area contributed by atoms with E-state index < -0.39 is 0 Å². The molecule has 2 atom stereocenters. The van der Waals surface area contributed by atoms with E-state index in [9.17, 15) is 4.79 Å². The zero-order chi connectivity index (χ0) is 21.7. The van der Waals surface area contributed by atoms with Crippen LogP contribution in [-0.2, 0) is 4.79 Å². The molecule has 0 radical (unpaired) electrons. The molecule has 0 bridgehead atoms. The van der Waals surface area contributed by atoms with Gasteiger partial charge in [-0.15, -0.1) is 0 Å². The van der Waals surface area contributed by atoms with Crippen LogP contribution >= 0.6 is 0 Å². The van der Waals surface area contributed by atoms with Crippen LogP contribution in [0.5, 0.6) is 11.6 Å². The Hall–Kier alpha value is -2.76. The first-order chi connectivity index (χ1) is 14.3. The van der Waals surface area contributed by atoms with Crippen LogP contribution in [-0.4, -0.2) is 55.2 Å². The quantitative estimate of drug-likeness (QED) is 0.654. The van der Waals surface area contributed by atoms with Crippen molar-refractivity contribution in [3.8, 4) is 11.6 Å². The van der Waals surface area contributed by atoms with Gasteiger partial charge in [0, 0.05) is 51.4 Å². The predicted octanol–water partition coefficient (Wildman–Crippen LogP) is 4.11. The third kappa shape index (κ3) is 5.88. The molecule has 1 saturated heterocycles. The van der Waals surface area contributed by atoms with E-state index in [1.54, 1.807) is 25.2 Å². The minimum atomic E-state index is 0.106. The van der Waals surface area contributed by atoms with Gasteiger partial charge in [0.25, 0.3) is 0 Å². The number of aromatic nitrogens is 1. The molecule has 6 heteroatoms. The van der Waals surface area contributed by atoms with Crippen molar-refractivity contribution < 1.29 is 14.3 Å². The zero-order valence-electron chi connectivity index (χ0n) is 18.7. The van der Waals surface area contributed by atoms with Crippen molar-refractivity contribution in [2.45, 2.75) is 51.7 Å². The molecule has 1 aromatic carbocycles. The SMILES string of the molecule is CC(C)Oc1cc(N2CCC(Oc3ccc([C@H](C)CC(=O)N(C)C)cc3)C2)ccn1. The van der Waals surface area contributed by atoms with E-state index in [0.29, 0.717) is 12.3 Å². The molecule has 1 aliphatic rings. The van der Waals surface area contributed by atoms with Gasteiger partial charge in [0.2, 0.25) is 11.8 Å². The van der Waals surface area contributed by atoms with Crippen LogP contribution in [0, 0.1) is 0 Å². The number of anilines is 1. The van der Waals surface area contributed by atoms with Gasteiger partial charge >= 0.3 is 0 Å². The second-order valence-electron chi connectivity index (χ2n) is 8.46. The van der Waals surface area contributed by atoms with Crippen molar-refractivity contribution in [3.05, 3.63) is 48.2 Å². The van der Waals surface area contributed by atoms with Crippen molar-refractivity contribution >= 4 is 11.6 Å². The second-order valence-corrected chi connectivity index (χ2v) is 8.46. The maximum atomic E-state index is 11.9. The third-order valence-electron chi connectivity index (χ3n) is 5.32. The molecule has 0 N–H and O–H groups in total. The fourth-order valence-corrected chi connectivity index (χ4v) is 3.59. The lowest BCUT2D eigenvalue weighted by molar-refractivity contribution is -0.129. The summed E-state index contributed by atoms with van der Waals surface area (Å²) in [5, 5.41) is 0. The molecule has 3 rings (SSSR count). The molecule has 0 aliphatic carbocycles. The van der Waals surface area contributed by atoms with E-state index >= 15 is 0 Å². The highest BCUT2D eigenvalue weighted by Gasteiger charge is 2.25. The molecule has 6 nitrogen and oxygen atoms in total. The van der Waals surface area contributed by atoms with E-state index in [2.05, 4.69) is 28.9 Å². The Balaban J connectivity index is 1.55. The highest BCUT2D eigenvalue weighted by molar-refractivity contribution is 5.76. The highest BCUT2D eigenvalue weighted by atomic mass is 16.5. The monoisotopic (exact) mass is 411 g/mol. The summed E-state index contributed by atoms with van der Waals surface area (Å²) in [6.45, 7) is 7.86. The minimum absolute atomic E-state index is 0.106. The summed E-state index contributed by atoms with van der Waals surface area (Å²) in [5.41, 5.74) is 2.27. The van der Waals surface area contributed by atoms with Crippen LogP contribution in [0.1, 0.15) is 45.1 Å². The first-order valence-corrected chi connectivity index (χ1v) is 10.7. The largest absolute Gasteiger partial charge is 0.489 e. The number of hydrogen-bond donors (Lipinski definition) is 0. The second kappa shape index (κ2) is 9.83. The Morgan fingerprint density at radius 2 is 1.93 bits per heavy atom. The Labute approximate surface area is 179 Å². The van der Waals surface area contributed by atoms with Gasteiger partial charge in [-0.2, -0.15) is 0 Å². The van der Waals surface area contributed by atoms with Crippen LogP contribution in [0.25, 0.3) is 0 Å². The molecule has 1 aromatic heterocycles. The summed E-state index contributed by atoms with van der Waals surface area (Å²) in [6, 6.07) is 12.2. The highest BCUT2D eigenvalue weighted by Crippen LogP contribution is 2.27. The van der Waals surface area contributed by atoms with Crippen LogP contribution in [0.2, 0.25) is 0 Å². The fourth-order valence-electron chi connectivity index (χ4n) is 3.59. The lowest BCUT2D eigenvalue weighted by Gasteiger charge is -2.20. The lowest BCUT2D eigenvalue weighted by atomic mass is 9.97. The zero-order valence-corrected chi connectivity index (χ0v) is 18.7. The lowest BCUT2D eigenvalue weighted by Crippen LogP contribution is -2.24. The topological polar surface area (TPSA) is 54.9 Å². The van der Waals surface area contributed by atoms with E-state index in [4.69, 9.17) is 9.47 Å². The molecule has 2 aromatic rings. The van der Waals surface area contributed by atoms with Gasteiger partial charge in [-0.1, -0.05) is 19.1 Å². The summed E-state index contributed by atoms with van der Waals surface area (Å²) < 4.78 is 11.9. The van der Waals surface area contributed by atoms with E-state index in [1.165, 1.54) is 0 Å². The molecule has 30 heavy (non-hydrogen) atoms. The molecule has 1 fully saturated rings. The van der Waals surface area contributed by atoms with Gasteiger partial charge in [0.05, 0.1) is 12.6 Å². The van der Waals surface area contributed by atoms with Gasteiger partial charge in [0.15, 0.2) is 0 Å². The standard InChI is InChI=1S/C24H33N3O3/c1-17(2)29-23-15-20(10-12-25-23)27-13-11-22(16-27)30-21-8-6-19(7-9-21)18(3)14-24(28)26(4)5/h6-10,12,15,17-18,22H,11,13-14,16H2,1-5H3/t18-,22?/m1/s1. The normalized spacial score (nSPS) is 17.1. The maximum Gasteiger partial charge on any atom is 0.222 e. The van der Waals surface area contributed by atoms with Crippen LogP contribution in [0.4, 0.5) is 5.69 Å². The van der Waals surface area contributed by atoms with Crippen LogP contribution in [0.15, 0.2) is 42.6 Å². The van der Waals surface area contributed by atoms with Gasteiger partial charge < -0.3 is 19.3 Å². The first kappa shape index (κ1) is 21.9. The van der Waals surface area contributed by atoms with Crippen molar-refractivity contribution in [2.75, 3.05) is 32.1 Å². The maximum absolute atomic E-state index is 11.9. The van der Waals surface area contributed by atoms with Crippen molar-refractivity contribution in [1.82, 2.24) is 9.88 Å². The number of nitrogens with zero attached hydrogens (tertiary/aromatic N) is 3. The van der Waals surface area contributed by atoms with Gasteiger partial charge in [0.1, 0.15) is 11.9 Å². The van der Waals surface area contributed by atoms with Crippen LogP contribution < -0.4 is 14.4 Å². The summed E-state index contributed by atoms with van der Waals surface area (Å²) in [4.78, 5) is 20.2. The molecular weight excluding hydrogens is 378 g/mol. The van der Waals surface area contributed by atoms with Gasteiger partial charge in [-0.3, -0.25) is 4.79 Å². The number of rotatable bonds is 8. The number of benzene rings is 1. The third-order valence-corrected chi connectivity index (χ3v) is 5.32. The Morgan fingerprint density at radius 1 is 1.20 bits per heavy atom. The Kier molecular flexibility index (Phi) is 7.19. The Morgan fingerprint density at radius 3 is 2.60 bits per heavy atom. The molecule has 1 unspecified atom stereocenters. The van der Waals surface area contributed by atoms with Crippen LogP contribution in [0.3, 0.4) is 0 Å². The number of hydrogen-bond acceptors (Lipinski definition) is 5. The van der Waals surface area contributed by atoms with E-state index in [-0.39, 0.29) is 24.0 Å². The Bertz CT molecular complexity index is 836. The number of carbonyl (C=O) groups is 1. The summed E-state index contributed by atoms with van der Waals surface area (Å²) in [6.07, 6.45) is 3.53. The molecule has 162 valence electrons. The number of pyridine rings is 1. The number of carbonyl (C=O) groups excluding carboxylic acids is 1. The number of amides is 1. The average molecular weight is 412 g/mol. The smallest absolute Gasteiger partial charge is 0.222 e. The summed E-state index contributed by atoms with van der Waals surface area (Å²) >= 11 is 0. The molecule has 1 aliphatic heterocycles. The van der Waals surface area contributed by atoms with Gasteiger partial charge in [-0.25, -0.2) is 4.98 Å². The average Bonchev–Trinajstić information content (AvgIpc) is 3.16. The van der Waals surface area contributed by atoms with E-state index in [0.717, 1.165) is 36.5 Å². The number of ether oxygens (including phenoxy) is 2. The van der Waals surface area contributed by atoms with Crippen molar-refractivity contribution in [3.63, 3.8) is 0 Å².